The Balaban J connectivity index is 1.15. The summed E-state index contributed by atoms with van der Waals surface area (Å²) in [6.45, 7) is 5.51. The van der Waals surface area contributed by atoms with Gasteiger partial charge in [-0.2, -0.15) is 0 Å². The highest BCUT2D eigenvalue weighted by Gasteiger charge is 2.38. The third-order valence-corrected chi connectivity index (χ3v) is 11.1. The Hall–Kier alpha value is -2.52. The number of hydrogen-bond donors (Lipinski definition) is 3. The van der Waals surface area contributed by atoms with Gasteiger partial charge in [0.15, 0.2) is 11.6 Å². The molecule has 11 nitrogen and oxygen atoms in total. The van der Waals surface area contributed by atoms with Crippen molar-refractivity contribution in [3.8, 4) is 5.75 Å². The minimum Gasteiger partial charge on any atom is -0.481 e. The van der Waals surface area contributed by atoms with Crippen LogP contribution in [0.2, 0.25) is 10.0 Å². The fourth-order valence-corrected chi connectivity index (χ4v) is 8.20. The number of halogens is 3. The summed E-state index contributed by atoms with van der Waals surface area (Å²) in [5.74, 6) is -0.537. The van der Waals surface area contributed by atoms with Gasteiger partial charge in [0, 0.05) is 60.7 Å². The Kier molecular flexibility index (Phi) is 15.6. The number of likely N-dealkylation sites (N-methyl/N-ethyl adjacent to an activating group) is 1. The van der Waals surface area contributed by atoms with Crippen LogP contribution in [-0.4, -0.2) is 102 Å². The van der Waals surface area contributed by atoms with Gasteiger partial charge in [0.05, 0.1) is 24.2 Å². The van der Waals surface area contributed by atoms with Crippen LogP contribution in [0.5, 0.6) is 5.75 Å². The standard InChI is InChI=1S/C35H50Cl2FN5O6S/c1-4-8-26(44)9-6-5-7-13-39-35(45)40-14-17-48-18-16-43-15-12-25(23-43)41-50(46,47)27-10-11-33(31(38)21-27)49-34-29-19-24(36)20-30(37)28(29)22-32(34)42(2)3/h10-11,19-21,25,32,34,41H,4-9,12-18,22-23H2,1-3H3,(H2,39,40,45)/t25-,32+,34+/m1/s1. The van der Waals surface area contributed by atoms with E-state index in [0.717, 1.165) is 42.9 Å². The average molecular weight is 759 g/mol. The molecule has 0 unspecified atom stereocenters. The summed E-state index contributed by atoms with van der Waals surface area (Å²) in [6, 6.07) is 6.43. The molecule has 1 saturated heterocycles. The highest BCUT2D eigenvalue weighted by Crippen LogP contribution is 2.42. The SMILES string of the molecule is CCCC(=O)CCCCCNC(=O)NCCOCCN1CC[C@@H](NS(=O)(=O)c2ccc(O[C@H]3c4cc(Cl)cc(Cl)c4C[C@@H]3N(C)C)c(F)c2)C1. The topological polar surface area (TPSA) is 129 Å². The lowest BCUT2D eigenvalue weighted by atomic mass is 10.1. The first-order valence-electron chi connectivity index (χ1n) is 17.3. The number of urea groups is 1. The molecule has 2 aromatic carbocycles. The molecule has 0 saturated carbocycles. The number of ketones is 1. The fraction of sp³-hybridized carbons (Fsp3) is 0.600. The number of carbonyl (C=O) groups is 2. The van der Waals surface area contributed by atoms with Gasteiger partial charge in [-0.1, -0.05) is 36.5 Å². The Labute approximate surface area is 305 Å². The van der Waals surface area contributed by atoms with Gasteiger partial charge in [-0.3, -0.25) is 9.69 Å². The molecule has 278 valence electrons. The summed E-state index contributed by atoms with van der Waals surface area (Å²) in [7, 11) is -0.168. The first kappa shape index (κ1) is 40.3. The van der Waals surface area contributed by atoms with Crippen molar-refractivity contribution >= 4 is 45.0 Å². The Morgan fingerprint density at radius 3 is 2.56 bits per heavy atom. The second kappa shape index (κ2) is 19.4. The van der Waals surface area contributed by atoms with Gasteiger partial charge < -0.3 is 25.0 Å². The van der Waals surface area contributed by atoms with Gasteiger partial charge in [0.25, 0.3) is 0 Å². The third kappa shape index (κ3) is 11.8. The number of benzene rings is 2. The Bertz CT molecular complexity index is 1570. The van der Waals surface area contributed by atoms with Crippen molar-refractivity contribution in [2.45, 2.75) is 81.4 Å². The molecule has 15 heteroatoms. The van der Waals surface area contributed by atoms with Crippen LogP contribution >= 0.6 is 23.2 Å². The molecule has 1 heterocycles. The second-order valence-electron chi connectivity index (χ2n) is 13.1. The summed E-state index contributed by atoms with van der Waals surface area (Å²) in [4.78, 5) is 27.4. The number of Topliss-reactive ketones (excluding diaryl/α,β-unsaturated/α-hetero) is 1. The van der Waals surface area contributed by atoms with E-state index in [2.05, 4.69) is 20.3 Å². The van der Waals surface area contributed by atoms with Crippen LogP contribution in [0.25, 0.3) is 0 Å². The quantitative estimate of drug-likeness (QED) is 0.155. The monoisotopic (exact) mass is 757 g/mol. The maximum atomic E-state index is 15.3. The maximum Gasteiger partial charge on any atom is 0.314 e. The maximum absolute atomic E-state index is 15.3. The summed E-state index contributed by atoms with van der Waals surface area (Å²) in [5.41, 5.74) is 1.68. The second-order valence-corrected chi connectivity index (χ2v) is 15.7. The molecule has 1 fully saturated rings. The first-order valence-corrected chi connectivity index (χ1v) is 19.6. The largest absolute Gasteiger partial charge is 0.481 e. The molecule has 0 radical (unpaired) electrons. The van der Waals surface area contributed by atoms with Crippen molar-refractivity contribution in [1.82, 2.24) is 25.2 Å². The fourth-order valence-electron chi connectivity index (χ4n) is 6.34. The van der Waals surface area contributed by atoms with Crippen LogP contribution in [-0.2, 0) is 26.0 Å². The molecule has 4 rings (SSSR count). The molecule has 3 N–H and O–H groups in total. The van der Waals surface area contributed by atoms with E-state index >= 15 is 4.39 Å². The van der Waals surface area contributed by atoms with Crippen molar-refractivity contribution in [3.05, 3.63) is 57.3 Å². The van der Waals surface area contributed by atoms with Crippen molar-refractivity contribution in [1.29, 1.82) is 0 Å². The predicted molar refractivity (Wildman–Crippen MR) is 193 cm³/mol. The van der Waals surface area contributed by atoms with Crippen LogP contribution in [0.15, 0.2) is 35.2 Å². The summed E-state index contributed by atoms with van der Waals surface area (Å²) in [5, 5.41) is 6.55. The van der Waals surface area contributed by atoms with E-state index in [9.17, 15) is 18.0 Å². The first-order chi connectivity index (χ1) is 23.9. The van der Waals surface area contributed by atoms with Crippen LogP contribution in [0.3, 0.4) is 0 Å². The third-order valence-electron chi connectivity index (χ3n) is 9.02. The van der Waals surface area contributed by atoms with Crippen LogP contribution in [0, 0.1) is 5.82 Å². The molecule has 1 aliphatic heterocycles. The Morgan fingerprint density at radius 2 is 1.82 bits per heavy atom. The van der Waals surface area contributed by atoms with Crippen LogP contribution in [0.1, 0.15) is 69.1 Å². The zero-order chi connectivity index (χ0) is 36.3. The molecule has 0 aromatic heterocycles. The van der Waals surface area contributed by atoms with E-state index in [1.165, 1.54) is 12.1 Å². The molecule has 2 aromatic rings. The van der Waals surface area contributed by atoms with Gasteiger partial charge >= 0.3 is 6.03 Å². The van der Waals surface area contributed by atoms with Crippen LogP contribution in [0.4, 0.5) is 9.18 Å². The zero-order valence-electron chi connectivity index (χ0n) is 29.1. The van der Waals surface area contributed by atoms with Crippen molar-refractivity contribution in [2.75, 3.05) is 60.0 Å². The zero-order valence-corrected chi connectivity index (χ0v) is 31.4. The minimum absolute atomic E-state index is 0.0595. The number of rotatable bonds is 20. The lowest BCUT2D eigenvalue weighted by Gasteiger charge is -2.27. The summed E-state index contributed by atoms with van der Waals surface area (Å²) < 4.78 is 56.2. The average Bonchev–Trinajstić information content (AvgIpc) is 3.65. The van der Waals surface area contributed by atoms with E-state index in [1.54, 1.807) is 12.1 Å². The van der Waals surface area contributed by atoms with E-state index in [1.807, 2.05) is 25.9 Å². The molecule has 2 aliphatic rings. The van der Waals surface area contributed by atoms with E-state index < -0.39 is 21.9 Å². The van der Waals surface area contributed by atoms with E-state index in [-0.39, 0.29) is 28.8 Å². The predicted octanol–water partition coefficient (Wildman–Crippen LogP) is 5.34. The van der Waals surface area contributed by atoms with E-state index in [4.69, 9.17) is 32.7 Å². The lowest BCUT2D eigenvalue weighted by molar-refractivity contribution is -0.119. The number of fused-ring (bicyclic) bond motifs is 1. The van der Waals surface area contributed by atoms with Gasteiger partial charge in [0.2, 0.25) is 10.0 Å². The minimum atomic E-state index is -3.98. The van der Waals surface area contributed by atoms with Gasteiger partial charge in [-0.25, -0.2) is 22.3 Å². The highest BCUT2D eigenvalue weighted by molar-refractivity contribution is 7.89. The molecule has 3 atom stereocenters. The van der Waals surface area contributed by atoms with Gasteiger partial charge in [-0.05, 0) is 88.6 Å². The molecular formula is C35H50Cl2FN5O6S. The highest BCUT2D eigenvalue weighted by atomic mass is 35.5. The number of unbranched alkanes of at least 4 members (excludes halogenated alkanes) is 2. The number of likely N-dealkylation sites (tertiary alicyclic amines) is 1. The smallest absolute Gasteiger partial charge is 0.314 e. The summed E-state index contributed by atoms with van der Waals surface area (Å²) in [6.07, 6.45) is 5.39. The molecule has 50 heavy (non-hydrogen) atoms. The summed E-state index contributed by atoms with van der Waals surface area (Å²) >= 11 is 12.7. The number of nitrogens with zero attached hydrogens (tertiary/aromatic N) is 2. The van der Waals surface area contributed by atoms with Crippen molar-refractivity contribution < 1.29 is 31.9 Å². The van der Waals surface area contributed by atoms with Crippen molar-refractivity contribution in [2.24, 2.45) is 0 Å². The number of ether oxygens (including phenoxy) is 2. The normalized spacial score (nSPS) is 19.1. The van der Waals surface area contributed by atoms with Crippen LogP contribution < -0.4 is 20.1 Å². The molecular weight excluding hydrogens is 708 g/mol. The number of amides is 2. The van der Waals surface area contributed by atoms with E-state index in [0.29, 0.717) is 87.4 Å². The molecule has 2 amide bonds. The molecule has 1 aliphatic carbocycles. The molecule has 0 bridgehead atoms. The number of hydrogen-bond acceptors (Lipinski definition) is 8. The van der Waals surface area contributed by atoms with Crippen molar-refractivity contribution in [3.63, 3.8) is 0 Å². The number of nitrogens with one attached hydrogen (secondary N) is 3. The lowest BCUT2D eigenvalue weighted by Crippen LogP contribution is -2.38. The van der Waals surface area contributed by atoms with Gasteiger partial charge in [-0.15, -0.1) is 0 Å². The van der Waals surface area contributed by atoms with Gasteiger partial charge in [0.1, 0.15) is 11.9 Å². The Morgan fingerprint density at radius 1 is 1.04 bits per heavy atom. The number of sulfonamides is 1. The number of carbonyl (C=O) groups excluding carboxylic acids is 2. The molecule has 0 spiro atoms.